The molecule has 0 radical (unpaired) electrons. The SMILES string of the molecule is O=C1OCCCCOC(=O)c2ccc1cc2.O=C1OCCCCOC(=O)c2ccc1cc2. The summed E-state index contributed by atoms with van der Waals surface area (Å²) in [6.07, 6.45) is 2.81. The average molecular weight is 440 g/mol. The Labute approximate surface area is 185 Å². The molecule has 2 aromatic rings. The Morgan fingerprint density at radius 1 is 0.375 bits per heavy atom. The summed E-state index contributed by atoms with van der Waals surface area (Å²) in [6.45, 7) is 1.44. The highest BCUT2D eigenvalue weighted by Gasteiger charge is 2.13. The molecule has 4 heterocycles. The van der Waals surface area contributed by atoms with Crippen LogP contribution in [0.4, 0.5) is 0 Å². The summed E-state index contributed by atoms with van der Waals surface area (Å²) >= 11 is 0. The lowest BCUT2D eigenvalue weighted by Gasteiger charge is -2.09. The van der Waals surface area contributed by atoms with Gasteiger partial charge >= 0.3 is 23.9 Å². The number of fused-ring (bicyclic) bond motifs is 18. The van der Waals surface area contributed by atoms with Crippen molar-refractivity contribution < 1.29 is 38.1 Å². The summed E-state index contributed by atoms with van der Waals surface area (Å²) in [5, 5.41) is 0. The summed E-state index contributed by atoms with van der Waals surface area (Å²) < 4.78 is 20.2. The Hall–Kier alpha value is -3.68. The van der Waals surface area contributed by atoms with Crippen molar-refractivity contribution in [1.82, 2.24) is 0 Å². The average Bonchev–Trinajstić information content (AvgIpc) is 2.82. The highest BCUT2D eigenvalue weighted by Crippen LogP contribution is 2.11. The summed E-state index contributed by atoms with van der Waals surface area (Å²) in [5.41, 5.74) is 1.82. The van der Waals surface area contributed by atoms with Gasteiger partial charge in [-0.2, -0.15) is 0 Å². The molecular weight excluding hydrogens is 416 g/mol. The van der Waals surface area contributed by atoms with E-state index in [1.807, 2.05) is 0 Å². The summed E-state index contributed by atoms with van der Waals surface area (Å²) in [4.78, 5) is 45.9. The van der Waals surface area contributed by atoms with E-state index in [0.717, 1.165) is 0 Å². The monoisotopic (exact) mass is 440 g/mol. The molecule has 0 unspecified atom stereocenters. The topological polar surface area (TPSA) is 105 Å². The zero-order valence-corrected chi connectivity index (χ0v) is 17.5. The van der Waals surface area contributed by atoms with Crippen molar-refractivity contribution in [3.8, 4) is 0 Å². The molecule has 4 bridgehead atoms. The first-order chi connectivity index (χ1) is 15.5. The van der Waals surface area contributed by atoms with Crippen LogP contribution in [-0.2, 0) is 18.9 Å². The van der Waals surface area contributed by atoms with Crippen LogP contribution < -0.4 is 0 Å². The van der Waals surface area contributed by atoms with Crippen LogP contribution in [0.1, 0.15) is 67.1 Å². The first-order valence-electron chi connectivity index (χ1n) is 10.4. The number of esters is 4. The summed E-state index contributed by atoms with van der Waals surface area (Å²) in [6, 6.07) is 12.6. The Morgan fingerprint density at radius 3 is 0.750 bits per heavy atom. The van der Waals surface area contributed by atoms with Gasteiger partial charge in [-0.05, 0) is 74.2 Å². The van der Waals surface area contributed by atoms with E-state index in [9.17, 15) is 19.2 Å². The van der Waals surface area contributed by atoms with E-state index in [-0.39, 0.29) is 23.9 Å². The van der Waals surface area contributed by atoms with Gasteiger partial charge in [0.05, 0.1) is 48.7 Å². The molecule has 4 aliphatic rings. The maximum Gasteiger partial charge on any atom is 0.338 e. The predicted octanol–water partition coefficient (Wildman–Crippen LogP) is 3.59. The number of carbonyl (C=O) groups is 4. The van der Waals surface area contributed by atoms with Gasteiger partial charge in [-0.1, -0.05) is 0 Å². The zero-order valence-electron chi connectivity index (χ0n) is 17.5. The molecule has 0 atom stereocenters. The first-order valence-corrected chi connectivity index (χ1v) is 10.4. The molecular formula is C24H24O8. The molecule has 168 valence electrons. The number of benzene rings is 2. The Kier molecular flexibility index (Phi) is 8.36. The van der Waals surface area contributed by atoms with E-state index >= 15 is 0 Å². The second kappa shape index (κ2) is 11.6. The third-order valence-corrected chi connectivity index (χ3v) is 4.72. The van der Waals surface area contributed by atoms with E-state index < -0.39 is 0 Å². The van der Waals surface area contributed by atoms with Gasteiger partial charge in [-0.15, -0.1) is 0 Å². The quantitative estimate of drug-likeness (QED) is 0.452. The minimum Gasteiger partial charge on any atom is -0.462 e. The number of carbonyl (C=O) groups excluding carboxylic acids is 4. The minimum absolute atomic E-state index is 0.347. The molecule has 8 nitrogen and oxygen atoms in total. The molecule has 0 fully saturated rings. The van der Waals surface area contributed by atoms with Crippen molar-refractivity contribution in [2.45, 2.75) is 25.7 Å². The Balaban J connectivity index is 0.000000181. The molecule has 2 aromatic carbocycles. The highest BCUT2D eigenvalue weighted by atomic mass is 16.5. The van der Waals surface area contributed by atoms with Gasteiger partial charge in [0, 0.05) is 0 Å². The van der Waals surface area contributed by atoms with Crippen LogP contribution >= 0.6 is 0 Å². The normalized spacial score (nSPS) is 17.0. The van der Waals surface area contributed by atoms with Crippen molar-refractivity contribution in [2.24, 2.45) is 0 Å². The lowest BCUT2D eigenvalue weighted by atomic mass is 10.1. The van der Waals surface area contributed by atoms with E-state index in [4.69, 9.17) is 18.9 Å². The maximum absolute atomic E-state index is 11.5. The van der Waals surface area contributed by atoms with Gasteiger partial charge < -0.3 is 18.9 Å². The van der Waals surface area contributed by atoms with Crippen LogP contribution in [0.2, 0.25) is 0 Å². The first kappa shape index (κ1) is 23.0. The van der Waals surface area contributed by atoms with Gasteiger partial charge in [0.1, 0.15) is 0 Å². The largest absolute Gasteiger partial charge is 0.462 e. The van der Waals surface area contributed by atoms with Crippen LogP contribution in [0.5, 0.6) is 0 Å². The highest BCUT2D eigenvalue weighted by molar-refractivity contribution is 5.94. The van der Waals surface area contributed by atoms with E-state index in [2.05, 4.69) is 0 Å². The van der Waals surface area contributed by atoms with Gasteiger partial charge in [-0.3, -0.25) is 0 Å². The van der Waals surface area contributed by atoms with Crippen molar-refractivity contribution >= 4 is 23.9 Å². The summed E-state index contributed by atoms with van der Waals surface area (Å²) in [5.74, 6) is -1.39. The maximum atomic E-state index is 11.5. The smallest absolute Gasteiger partial charge is 0.338 e. The molecule has 32 heavy (non-hydrogen) atoms. The van der Waals surface area contributed by atoms with Crippen molar-refractivity contribution in [3.63, 3.8) is 0 Å². The van der Waals surface area contributed by atoms with Crippen LogP contribution in [-0.4, -0.2) is 50.3 Å². The van der Waals surface area contributed by atoms with Crippen molar-refractivity contribution in [3.05, 3.63) is 70.8 Å². The minimum atomic E-state index is -0.347. The fraction of sp³-hybridized carbons (Fsp3) is 0.333. The lowest BCUT2D eigenvalue weighted by Crippen LogP contribution is -2.12. The molecule has 0 aromatic heterocycles. The number of rotatable bonds is 0. The second-order valence-electron chi connectivity index (χ2n) is 7.11. The van der Waals surface area contributed by atoms with E-state index in [1.54, 1.807) is 48.5 Å². The van der Waals surface area contributed by atoms with E-state index in [0.29, 0.717) is 74.4 Å². The molecule has 0 N–H and O–H groups in total. The van der Waals surface area contributed by atoms with Gasteiger partial charge in [0.25, 0.3) is 0 Å². The molecule has 0 aliphatic carbocycles. The van der Waals surface area contributed by atoms with Crippen molar-refractivity contribution in [2.75, 3.05) is 26.4 Å². The Bertz CT molecular complexity index is 789. The third kappa shape index (κ3) is 6.66. The number of hydrogen-bond donors (Lipinski definition) is 0. The third-order valence-electron chi connectivity index (χ3n) is 4.72. The summed E-state index contributed by atoms with van der Waals surface area (Å²) in [7, 11) is 0. The lowest BCUT2D eigenvalue weighted by molar-refractivity contribution is 0.0427. The van der Waals surface area contributed by atoms with Crippen LogP contribution in [0.15, 0.2) is 48.5 Å². The number of ether oxygens (including phenoxy) is 4. The van der Waals surface area contributed by atoms with Gasteiger partial charge in [0.2, 0.25) is 0 Å². The second-order valence-corrected chi connectivity index (χ2v) is 7.11. The van der Waals surface area contributed by atoms with Crippen LogP contribution in [0, 0.1) is 0 Å². The van der Waals surface area contributed by atoms with Crippen LogP contribution in [0.25, 0.3) is 0 Å². The standard InChI is InChI=1S/2C12H12O4/c2*13-11-9-3-5-10(6-4-9)12(14)16-8-2-1-7-15-11/h2*3-6H,1-2,7-8H2. The predicted molar refractivity (Wildman–Crippen MR) is 112 cm³/mol. The van der Waals surface area contributed by atoms with Gasteiger partial charge in [-0.25, -0.2) is 19.2 Å². The molecule has 6 rings (SSSR count). The Morgan fingerprint density at radius 2 is 0.562 bits per heavy atom. The zero-order chi connectivity index (χ0) is 22.8. The molecule has 0 amide bonds. The molecule has 0 saturated carbocycles. The molecule has 8 heteroatoms. The fourth-order valence-corrected chi connectivity index (χ4v) is 2.89. The molecule has 4 aliphatic heterocycles. The van der Waals surface area contributed by atoms with Gasteiger partial charge in [0.15, 0.2) is 0 Å². The molecule has 0 spiro atoms. The van der Waals surface area contributed by atoms with Crippen molar-refractivity contribution in [1.29, 1.82) is 0 Å². The number of hydrogen-bond acceptors (Lipinski definition) is 8. The van der Waals surface area contributed by atoms with E-state index in [1.165, 1.54) is 0 Å². The van der Waals surface area contributed by atoms with Crippen LogP contribution in [0.3, 0.4) is 0 Å². The molecule has 0 saturated heterocycles. The fourth-order valence-electron chi connectivity index (χ4n) is 2.89.